The molecule has 124 valence electrons. The number of nitrogens with one attached hydrogen (secondary N) is 1. The maximum atomic E-state index is 11.9. The third kappa shape index (κ3) is 4.12. The van der Waals surface area contributed by atoms with Gasteiger partial charge in [-0.25, -0.2) is 4.79 Å². The molecule has 23 heavy (non-hydrogen) atoms. The zero-order chi connectivity index (χ0) is 17.2. The van der Waals surface area contributed by atoms with Crippen LogP contribution in [0, 0.1) is 5.41 Å². The number of fused-ring (bicyclic) bond motifs is 1. The SMILES string of the molecule is CN(C)c1ccc2c(CCNC(=O)C(C)(C)C)cc(=O)oc2c1. The van der Waals surface area contributed by atoms with Crippen molar-refractivity contribution in [3.8, 4) is 0 Å². The highest BCUT2D eigenvalue weighted by Gasteiger charge is 2.20. The van der Waals surface area contributed by atoms with Gasteiger partial charge in [0, 0.05) is 49.3 Å². The summed E-state index contributed by atoms with van der Waals surface area (Å²) in [5, 5.41) is 3.81. The first-order valence-corrected chi connectivity index (χ1v) is 7.71. The summed E-state index contributed by atoms with van der Waals surface area (Å²) in [6.45, 7) is 6.11. The quantitative estimate of drug-likeness (QED) is 0.881. The fourth-order valence-electron chi connectivity index (χ4n) is 2.28. The Morgan fingerprint density at radius 2 is 1.91 bits per heavy atom. The van der Waals surface area contributed by atoms with E-state index in [0.717, 1.165) is 16.6 Å². The molecule has 0 fully saturated rings. The van der Waals surface area contributed by atoms with E-state index in [4.69, 9.17) is 4.42 Å². The number of benzene rings is 1. The molecule has 0 aliphatic rings. The molecule has 5 heteroatoms. The minimum absolute atomic E-state index is 0.000310. The Bertz CT molecular complexity index is 770. The Balaban J connectivity index is 2.24. The molecule has 5 nitrogen and oxygen atoms in total. The molecule has 0 bridgehead atoms. The molecular formula is C18H24N2O3. The van der Waals surface area contributed by atoms with Gasteiger partial charge in [0.05, 0.1) is 0 Å². The molecule has 0 atom stereocenters. The molecule has 0 spiro atoms. The summed E-state index contributed by atoms with van der Waals surface area (Å²) in [6.07, 6.45) is 0.589. The molecule has 1 aromatic carbocycles. The lowest BCUT2D eigenvalue weighted by Crippen LogP contribution is -2.36. The Kier molecular flexibility index (Phi) is 4.78. The zero-order valence-corrected chi connectivity index (χ0v) is 14.4. The first-order valence-electron chi connectivity index (χ1n) is 7.71. The highest BCUT2D eigenvalue weighted by Crippen LogP contribution is 2.23. The second kappa shape index (κ2) is 6.44. The topological polar surface area (TPSA) is 62.6 Å². The summed E-state index contributed by atoms with van der Waals surface area (Å²) in [5.41, 5.74) is 1.64. The van der Waals surface area contributed by atoms with E-state index < -0.39 is 5.41 Å². The molecule has 0 radical (unpaired) electrons. The highest BCUT2D eigenvalue weighted by molar-refractivity contribution is 5.84. The Morgan fingerprint density at radius 1 is 1.22 bits per heavy atom. The summed E-state index contributed by atoms with van der Waals surface area (Å²) in [6, 6.07) is 7.29. The highest BCUT2D eigenvalue weighted by atomic mass is 16.4. The fourth-order valence-corrected chi connectivity index (χ4v) is 2.28. The molecule has 0 saturated carbocycles. The van der Waals surface area contributed by atoms with Crippen molar-refractivity contribution in [3.05, 3.63) is 40.2 Å². The number of anilines is 1. The van der Waals surface area contributed by atoms with Crippen LogP contribution in [0.4, 0.5) is 5.69 Å². The summed E-state index contributed by atoms with van der Waals surface area (Å²) in [7, 11) is 3.87. The van der Waals surface area contributed by atoms with Crippen LogP contribution >= 0.6 is 0 Å². The molecule has 1 N–H and O–H groups in total. The molecule has 0 unspecified atom stereocenters. The van der Waals surface area contributed by atoms with Crippen molar-refractivity contribution >= 4 is 22.6 Å². The lowest BCUT2D eigenvalue weighted by Gasteiger charge is -2.18. The number of nitrogens with zero attached hydrogens (tertiary/aromatic N) is 1. The van der Waals surface area contributed by atoms with Crippen molar-refractivity contribution in [2.24, 2.45) is 5.41 Å². The zero-order valence-electron chi connectivity index (χ0n) is 14.4. The molecule has 2 rings (SSSR count). The minimum Gasteiger partial charge on any atom is -0.423 e. The van der Waals surface area contributed by atoms with Crippen molar-refractivity contribution < 1.29 is 9.21 Å². The van der Waals surface area contributed by atoms with Crippen LogP contribution in [0.2, 0.25) is 0 Å². The van der Waals surface area contributed by atoms with Gasteiger partial charge in [-0.1, -0.05) is 20.8 Å². The smallest absolute Gasteiger partial charge is 0.336 e. The lowest BCUT2D eigenvalue weighted by molar-refractivity contribution is -0.128. The molecular weight excluding hydrogens is 292 g/mol. The molecule has 0 saturated heterocycles. The average Bonchev–Trinajstić information content (AvgIpc) is 2.45. The second-order valence-corrected chi connectivity index (χ2v) is 6.92. The van der Waals surface area contributed by atoms with Crippen molar-refractivity contribution in [2.45, 2.75) is 27.2 Å². The second-order valence-electron chi connectivity index (χ2n) is 6.92. The van der Waals surface area contributed by atoms with E-state index in [-0.39, 0.29) is 11.5 Å². The van der Waals surface area contributed by atoms with Gasteiger partial charge >= 0.3 is 5.63 Å². The van der Waals surface area contributed by atoms with Crippen molar-refractivity contribution in [1.29, 1.82) is 0 Å². The van der Waals surface area contributed by atoms with Crippen LogP contribution in [0.5, 0.6) is 0 Å². The van der Waals surface area contributed by atoms with E-state index in [1.54, 1.807) is 0 Å². The number of carbonyl (C=O) groups is 1. The fraction of sp³-hybridized carbons (Fsp3) is 0.444. The predicted molar refractivity (Wildman–Crippen MR) is 93.0 cm³/mol. The minimum atomic E-state index is -0.418. The van der Waals surface area contributed by atoms with E-state index in [2.05, 4.69) is 5.32 Å². The standard InChI is InChI=1S/C18H24N2O3/c1-18(2,3)17(22)19-9-8-12-10-16(21)23-15-11-13(20(4)5)6-7-14(12)15/h6-7,10-11H,8-9H2,1-5H3,(H,19,22). The Morgan fingerprint density at radius 3 is 2.52 bits per heavy atom. The van der Waals surface area contributed by atoms with Gasteiger partial charge in [-0.15, -0.1) is 0 Å². The van der Waals surface area contributed by atoms with Gasteiger partial charge in [0.25, 0.3) is 0 Å². The van der Waals surface area contributed by atoms with Crippen LogP contribution in [0.1, 0.15) is 26.3 Å². The normalized spacial score (nSPS) is 11.5. The van der Waals surface area contributed by atoms with Gasteiger partial charge in [0.2, 0.25) is 5.91 Å². The molecule has 2 aromatic rings. The van der Waals surface area contributed by atoms with Crippen LogP contribution in [0.25, 0.3) is 11.0 Å². The van der Waals surface area contributed by atoms with Crippen LogP contribution in [0.15, 0.2) is 33.5 Å². The van der Waals surface area contributed by atoms with E-state index in [1.807, 2.05) is 58.0 Å². The summed E-state index contributed by atoms with van der Waals surface area (Å²) in [4.78, 5) is 25.6. The molecule has 0 aliphatic carbocycles. The molecule has 1 amide bonds. The first kappa shape index (κ1) is 17.1. The van der Waals surface area contributed by atoms with E-state index in [9.17, 15) is 9.59 Å². The largest absolute Gasteiger partial charge is 0.423 e. The molecule has 0 aliphatic heterocycles. The van der Waals surface area contributed by atoms with Crippen molar-refractivity contribution in [1.82, 2.24) is 5.32 Å². The van der Waals surface area contributed by atoms with Crippen LogP contribution in [-0.2, 0) is 11.2 Å². The number of carbonyl (C=O) groups excluding carboxylic acids is 1. The Hall–Kier alpha value is -2.30. The molecule has 1 heterocycles. The third-order valence-corrected chi connectivity index (χ3v) is 3.69. The van der Waals surface area contributed by atoms with Gasteiger partial charge in [-0.3, -0.25) is 4.79 Å². The van der Waals surface area contributed by atoms with E-state index in [0.29, 0.717) is 18.5 Å². The van der Waals surface area contributed by atoms with Gasteiger partial charge in [0.15, 0.2) is 0 Å². The van der Waals surface area contributed by atoms with Gasteiger partial charge in [-0.2, -0.15) is 0 Å². The molecule has 1 aromatic heterocycles. The maximum absolute atomic E-state index is 11.9. The van der Waals surface area contributed by atoms with Crippen molar-refractivity contribution in [3.63, 3.8) is 0 Å². The first-order chi connectivity index (χ1) is 10.7. The number of amides is 1. The van der Waals surface area contributed by atoms with Crippen LogP contribution in [-0.4, -0.2) is 26.5 Å². The number of hydrogen-bond acceptors (Lipinski definition) is 4. The summed E-state index contributed by atoms with van der Waals surface area (Å²) >= 11 is 0. The maximum Gasteiger partial charge on any atom is 0.336 e. The van der Waals surface area contributed by atoms with Gasteiger partial charge in [-0.05, 0) is 24.1 Å². The van der Waals surface area contributed by atoms with Gasteiger partial charge in [0.1, 0.15) is 5.58 Å². The van der Waals surface area contributed by atoms with Crippen LogP contribution in [0.3, 0.4) is 0 Å². The number of rotatable bonds is 4. The van der Waals surface area contributed by atoms with E-state index in [1.165, 1.54) is 6.07 Å². The summed E-state index contributed by atoms with van der Waals surface area (Å²) < 4.78 is 5.31. The Labute approximate surface area is 136 Å². The van der Waals surface area contributed by atoms with Gasteiger partial charge < -0.3 is 14.6 Å². The predicted octanol–water partition coefficient (Wildman–Crippen LogP) is 2.56. The average molecular weight is 316 g/mol. The number of hydrogen-bond donors (Lipinski definition) is 1. The van der Waals surface area contributed by atoms with Crippen LogP contribution < -0.4 is 15.8 Å². The summed E-state index contributed by atoms with van der Waals surface area (Å²) in [5.74, 6) is -0.000310. The third-order valence-electron chi connectivity index (χ3n) is 3.69. The monoisotopic (exact) mass is 316 g/mol. The van der Waals surface area contributed by atoms with Crippen molar-refractivity contribution in [2.75, 3.05) is 25.5 Å². The lowest BCUT2D eigenvalue weighted by atomic mass is 9.95. The van der Waals surface area contributed by atoms with E-state index >= 15 is 0 Å².